The number of nitrogens with zero attached hydrogens (tertiary/aromatic N) is 2. The van der Waals surface area contributed by atoms with Gasteiger partial charge in [-0.05, 0) is 12.5 Å². The Morgan fingerprint density at radius 2 is 2.00 bits per heavy atom. The lowest BCUT2D eigenvalue weighted by Gasteiger charge is -2.11. The molecule has 5 heteroatoms. The second kappa shape index (κ2) is 4.08. The molecule has 0 spiro atoms. The first-order valence-corrected chi connectivity index (χ1v) is 4.40. The molecular weight excluding hydrogens is 196 g/mol. The van der Waals surface area contributed by atoms with Crippen molar-refractivity contribution < 1.29 is 9.72 Å². The first-order chi connectivity index (χ1) is 6.93. The lowest BCUT2D eigenvalue weighted by atomic mass is 10.1. The number of nitro groups is 1. The maximum atomic E-state index is 11.6. The highest BCUT2D eigenvalue weighted by molar-refractivity contribution is 5.95. The van der Waals surface area contributed by atoms with Crippen molar-refractivity contribution in [1.29, 1.82) is 0 Å². The number of aryl methyl sites for hydroxylation is 1. The Balaban J connectivity index is 3.22. The standard InChI is InChI=1S/C10H12N2O3/c1-7-4-5-8(12(14)15)6-9(7)10(13)11(2)3/h4-6H,1-3H3. The number of rotatable bonds is 2. The number of non-ortho nitro benzene ring substituents is 1. The van der Waals surface area contributed by atoms with Crippen LogP contribution in [0, 0.1) is 17.0 Å². The molecule has 0 aliphatic heterocycles. The fourth-order valence-corrected chi connectivity index (χ4v) is 1.19. The van der Waals surface area contributed by atoms with E-state index in [2.05, 4.69) is 0 Å². The van der Waals surface area contributed by atoms with Crippen molar-refractivity contribution in [3.05, 3.63) is 39.4 Å². The molecule has 1 aromatic rings. The molecule has 1 rings (SSSR count). The van der Waals surface area contributed by atoms with E-state index in [-0.39, 0.29) is 11.6 Å². The summed E-state index contributed by atoms with van der Waals surface area (Å²) in [6, 6.07) is 4.27. The summed E-state index contributed by atoms with van der Waals surface area (Å²) < 4.78 is 0. The van der Waals surface area contributed by atoms with Crippen LogP contribution >= 0.6 is 0 Å². The second-order valence-electron chi connectivity index (χ2n) is 3.46. The van der Waals surface area contributed by atoms with E-state index >= 15 is 0 Å². The zero-order valence-corrected chi connectivity index (χ0v) is 8.85. The van der Waals surface area contributed by atoms with Crippen LogP contribution in [-0.2, 0) is 0 Å². The molecule has 5 nitrogen and oxygen atoms in total. The van der Waals surface area contributed by atoms with Crippen LogP contribution < -0.4 is 0 Å². The Hall–Kier alpha value is -1.91. The Morgan fingerprint density at radius 1 is 1.40 bits per heavy atom. The van der Waals surface area contributed by atoms with Crippen LogP contribution in [-0.4, -0.2) is 29.8 Å². The van der Waals surface area contributed by atoms with Crippen LogP contribution in [0.15, 0.2) is 18.2 Å². The normalized spacial score (nSPS) is 9.80. The monoisotopic (exact) mass is 208 g/mol. The minimum atomic E-state index is -0.508. The van der Waals surface area contributed by atoms with Gasteiger partial charge in [0.25, 0.3) is 11.6 Å². The highest BCUT2D eigenvalue weighted by Crippen LogP contribution is 2.18. The smallest absolute Gasteiger partial charge is 0.270 e. The van der Waals surface area contributed by atoms with Gasteiger partial charge in [0, 0.05) is 31.8 Å². The largest absolute Gasteiger partial charge is 0.345 e. The van der Waals surface area contributed by atoms with E-state index in [1.807, 2.05) is 0 Å². The molecular formula is C10H12N2O3. The van der Waals surface area contributed by atoms with Gasteiger partial charge in [-0.3, -0.25) is 14.9 Å². The Morgan fingerprint density at radius 3 is 2.47 bits per heavy atom. The molecule has 0 aliphatic rings. The first-order valence-electron chi connectivity index (χ1n) is 4.40. The minimum absolute atomic E-state index is 0.0641. The van der Waals surface area contributed by atoms with E-state index in [9.17, 15) is 14.9 Å². The molecule has 0 fully saturated rings. The van der Waals surface area contributed by atoms with E-state index in [0.717, 1.165) is 5.56 Å². The predicted molar refractivity (Wildman–Crippen MR) is 55.9 cm³/mol. The Bertz CT molecular complexity index is 413. The van der Waals surface area contributed by atoms with E-state index in [1.54, 1.807) is 27.1 Å². The number of amides is 1. The van der Waals surface area contributed by atoms with E-state index in [1.165, 1.54) is 17.0 Å². The van der Waals surface area contributed by atoms with Crippen molar-refractivity contribution in [3.63, 3.8) is 0 Å². The number of nitro benzene ring substituents is 1. The van der Waals surface area contributed by atoms with Crippen molar-refractivity contribution >= 4 is 11.6 Å². The number of carbonyl (C=O) groups is 1. The van der Waals surface area contributed by atoms with Gasteiger partial charge in [0.05, 0.1) is 4.92 Å². The average Bonchev–Trinajstić information content (AvgIpc) is 2.16. The number of benzene rings is 1. The second-order valence-corrected chi connectivity index (χ2v) is 3.46. The van der Waals surface area contributed by atoms with Gasteiger partial charge in [0.2, 0.25) is 0 Å². The highest BCUT2D eigenvalue weighted by atomic mass is 16.6. The van der Waals surface area contributed by atoms with E-state index in [0.29, 0.717) is 5.56 Å². The van der Waals surface area contributed by atoms with Crippen molar-refractivity contribution in [2.75, 3.05) is 14.1 Å². The summed E-state index contributed by atoms with van der Waals surface area (Å²) in [5.74, 6) is -0.226. The number of carbonyl (C=O) groups excluding carboxylic acids is 1. The van der Waals surface area contributed by atoms with Gasteiger partial charge in [-0.25, -0.2) is 0 Å². The van der Waals surface area contributed by atoms with Gasteiger partial charge >= 0.3 is 0 Å². The summed E-state index contributed by atoms with van der Waals surface area (Å²) >= 11 is 0. The Labute approximate surface area is 87.5 Å². The van der Waals surface area contributed by atoms with Crippen LogP contribution in [0.5, 0.6) is 0 Å². The van der Waals surface area contributed by atoms with E-state index in [4.69, 9.17) is 0 Å². The Kier molecular flexibility index (Phi) is 3.04. The van der Waals surface area contributed by atoms with Gasteiger partial charge in [-0.15, -0.1) is 0 Å². The molecule has 0 atom stereocenters. The molecule has 0 saturated heterocycles. The van der Waals surface area contributed by atoms with Crippen LogP contribution in [0.25, 0.3) is 0 Å². The maximum Gasteiger partial charge on any atom is 0.270 e. The van der Waals surface area contributed by atoms with Crippen LogP contribution in [0.4, 0.5) is 5.69 Å². The molecule has 1 amide bonds. The molecule has 80 valence electrons. The lowest BCUT2D eigenvalue weighted by molar-refractivity contribution is -0.384. The third-order valence-electron chi connectivity index (χ3n) is 2.07. The van der Waals surface area contributed by atoms with Crippen LogP contribution in [0.2, 0.25) is 0 Å². The third kappa shape index (κ3) is 2.31. The third-order valence-corrected chi connectivity index (χ3v) is 2.07. The summed E-state index contributed by atoms with van der Waals surface area (Å²) in [4.78, 5) is 23.1. The quantitative estimate of drug-likeness (QED) is 0.547. The molecule has 0 heterocycles. The summed E-state index contributed by atoms with van der Waals surface area (Å²) in [6.07, 6.45) is 0. The van der Waals surface area contributed by atoms with Gasteiger partial charge in [0.1, 0.15) is 0 Å². The molecule has 0 bridgehead atoms. The lowest BCUT2D eigenvalue weighted by Crippen LogP contribution is -2.22. The fourth-order valence-electron chi connectivity index (χ4n) is 1.19. The molecule has 15 heavy (non-hydrogen) atoms. The fraction of sp³-hybridized carbons (Fsp3) is 0.300. The maximum absolute atomic E-state index is 11.6. The van der Waals surface area contributed by atoms with Crippen LogP contribution in [0.3, 0.4) is 0 Å². The summed E-state index contributed by atoms with van der Waals surface area (Å²) in [5, 5.41) is 10.5. The summed E-state index contributed by atoms with van der Waals surface area (Å²) in [7, 11) is 3.22. The highest BCUT2D eigenvalue weighted by Gasteiger charge is 2.15. The molecule has 0 aliphatic carbocycles. The van der Waals surface area contributed by atoms with Crippen molar-refractivity contribution in [3.8, 4) is 0 Å². The van der Waals surface area contributed by atoms with Gasteiger partial charge < -0.3 is 4.90 Å². The van der Waals surface area contributed by atoms with Crippen molar-refractivity contribution in [2.24, 2.45) is 0 Å². The average molecular weight is 208 g/mol. The number of hydrogen-bond donors (Lipinski definition) is 0. The molecule has 0 unspecified atom stereocenters. The predicted octanol–water partition coefficient (Wildman–Crippen LogP) is 1.61. The molecule has 0 saturated carbocycles. The first kappa shape index (κ1) is 11.2. The summed E-state index contributed by atoms with van der Waals surface area (Å²) in [5.41, 5.74) is 1.04. The van der Waals surface area contributed by atoms with Crippen molar-refractivity contribution in [2.45, 2.75) is 6.92 Å². The van der Waals surface area contributed by atoms with Gasteiger partial charge in [-0.2, -0.15) is 0 Å². The van der Waals surface area contributed by atoms with E-state index < -0.39 is 4.92 Å². The molecule has 0 aromatic heterocycles. The minimum Gasteiger partial charge on any atom is -0.345 e. The molecule has 1 aromatic carbocycles. The number of hydrogen-bond acceptors (Lipinski definition) is 3. The van der Waals surface area contributed by atoms with Gasteiger partial charge in [-0.1, -0.05) is 6.07 Å². The van der Waals surface area contributed by atoms with Crippen molar-refractivity contribution in [1.82, 2.24) is 4.90 Å². The zero-order valence-electron chi connectivity index (χ0n) is 8.85. The zero-order chi connectivity index (χ0) is 11.6. The summed E-state index contributed by atoms with van der Waals surface area (Å²) in [6.45, 7) is 1.75. The molecule has 0 N–H and O–H groups in total. The topological polar surface area (TPSA) is 63.5 Å². The van der Waals surface area contributed by atoms with Gasteiger partial charge in [0.15, 0.2) is 0 Å². The SMILES string of the molecule is Cc1ccc([N+](=O)[O-])cc1C(=O)N(C)C. The van der Waals surface area contributed by atoms with Crippen LogP contribution in [0.1, 0.15) is 15.9 Å². The molecule has 0 radical (unpaired) electrons.